The van der Waals surface area contributed by atoms with E-state index in [4.69, 9.17) is 17.3 Å². The lowest BCUT2D eigenvalue weighted by molar-refractivity contribution is 1.09. The molecule has 0 radical (unpaired) electrons. The molecule has 2 rings (SSSR count). The van der Waals surface area contributed by atoms with Crippen LogP contribution in [0.5, 0.6) is 0 Å². The van der Waals surface area contributed by atoms with E-state index in [0.29, 0.717) is 17.5 Å². The normalized spacial score (nSPS) is 10.2. The van der Waals surface area contributed by atoms with Crippen LogP contribution in [0.1, 0.15) is 11.1 Å². The molecule has 0 aliphatic rings. The monoisotopic (exact) mass is 248 g/mol. The van der Waals surface area contributed by atoms with Gasteiger partial charge in [0.15, 0.2) is 0 Å². The lowest BCUT2D eigenvalue weighted by Gasteiger charge is -2.07. The van der Waals surface area contributed by atoms with Gasteiger partial charge < -0.3 is 11.1 Å². The first-order valence-electron chi connectivity index (χ1n) is 5.23. The second kappa shape index (κ2) is 5.01. The molecule has 5 heteroatoms. The summed E-state index contributed by atoms with van der Waals surface area (Å²) >= 11 is 5.79. The zero-order valence-electron chi connectivity index (χ0n) is 9.44. The molecule has 0 atom stereocenters. The molecule has 1 aromatic heterocycles. The maximum absolute atomic E-state index is 5.79. The van der Waals surface area contributed by atoms with E-state index in [1.807, 2.05) is 12.1 Å². The number of aryl methyl sites for hydroxylation is 1. The largest absolute Gasteiger partial charge is 0.368 e. The van der Waals surface area contributed by atoms with Crippen molar-refractivity contribution in [2.24, 2.45) is 0 Å². The number of benzene rings is 1. The van der Waals surface area contributed by atoms with Crippen LogP contribution < -0.4 is 11.1 Å². The Kier molecular flexibility index (Phi) is 3.44. The molecule has 0 unspecified atom stereocenters. The maximum Gasteiger partial charge on any atom is 0.223 e. The van der Waals surface area contributed by atoms with Crippen LogP contribution in [0, 0.1) is 6.92 Å². The fourth-order valence-corrected chi connectivity index (χ4v) is 1.73. The fourth-order valence-electron chi connectivity index (χ4n) is 1.54. The minimum absolute atomic E-state index is 0.171. The summed E-state index contributed by atoms with van der Waals surface area (Å²) < 4.78 is 0. The first-order valence-corrected chi connectivity index (χ1v) is 5.61. The molecular formula is C12H13ClN4. The molecule has 1 heterocycles. The van der Waals surface area contributed by atoms with Crippen LogP contribution >= 0.6 is 11.6 Å². The summed E-state index contributed by atoms with van der Waals surface area (Å²) in [6.45, 7) is 2.73. The van der Waals surface area contributed by atoms with E-state index in [1.165, 1.54) is 11.1 Å². The van der Waals surface area contributed by atoms with Gasteiger partial charge in [0, 0.05) is 12.6 Å². The molecule has 0 saturated carbocycles. The number of halogens is 1. The average Bonchev–Trinajstić information content (AvgIpc) is 2.25. The van der Waals surface area contributed by atoms with Gasteiger partial charge in [0.2, 0.25) is 5.95 Å². The van der Waals surface area contributed by atoms with Gasteiger partial charge in [-0.2, -0.15) is 4.98 Å². The van der Waals surface area contributed by atoms with Crippen molar-refractivity contribution in [1.82, 2.24) is 9.97 Å². The van der Waals surface area contributed by atoms with Gasteiger partial charge in [-0.05, 0) is 12.5 Å². The molecule has 0 fully saturated rings. The smallest absolute Gasteiger partial charge is 0.223 e. The zero-order valence-corrected chi connectivity index (χ0v) is 10.2. The lowest BCUT2D eigenvalue weighted by Crippen LogP contribution is -2.04. The minimum atomic E-state index is 0.171. The molecule has 1 aromatic carbocycles. The highest BCUT2D eigenvalue weighted by atomic mass is 35.5. The van der Waals surface area contributed by atoms with Crippen molar-refractivity contribution in [3.63, 3.8) is 0 Å². The average molecular weight is 249 g/mol. The van der Waals surface area contributed by atoms with Gasteiger partial charge in [0.1, 0.15) is 11.0 Å². The van der Waals surface area contributed by atoms with Crippen molar-refractivity contribution in [2.45, 2.75) is 13.5 Å². The number of anilines is 2. The number of nitrogens with one attached hydrogen (secondary N) is 1. The first-order chi connectivity index (χ1) is 8.13. The van der Waals surface area contributed by atoms with Gasteiger partial charge in [0.05, 0.1) is 0 Å². The topological polar surface area (TPSA) is 63.8 Å². The molecule has 0 spiro atoms. The van der Waals surface area contributed by atoms with Crippen LogP contribution in [0.3, 0.4) is 0 Å². The lowest BCUT2D eigenvalue weighted by atomic mass is 10.1. The number of nitrogens with two attached hydrogens (primary N) is 1. The van der Waals surface area contributed by atoms with Gasteiger partial charge in [-0.15, -0.1) is 0 Å². The summed E-state index contributed by atoms with van der Waals surface area (Å²) in [5.41, 5.74) is 7.91. The van der Waals surface area contributed by atoms with Gasteiger partial charge in [-0.25, -0.2) is 4.98 Å². The third-order valence-corrected chi connectivity index (χ3v) is 2.46. The molecular weight excluding hydrogens is 236 g/mol. The van der Waals surface area contributed by atoms with E-state index in [2.05, 4.69) is 34.3 Å². The second-order valence-electron chi connectivity index (χ2n) is 3.78. The number of nitrogens with zero attached hydrogens (tertiary/aromatic N) is 2. The van der Waals surface area contributed by atoms with Gasteiger partial charge in [0.25, 0.3) is 0 Å². The Morgan fingerprint density at radius 1 is 1.29 bits per heavy atom. The number of rotatable bonds is 3. The summed E-state index contributed by atoms with van der Waals surface area (Å²) in [5.74, 6) is 0.799. The zero-order chi connectivity index (χ0) is 12.3. The van der Waals surface area contributed by atoms with Crippen LogP contribution in [0.25, 0.3) is 0 Å². The second-order valence-corrected chi connectivity index (χ2v) is 4.16. The number of nitrogen functional groups attached to an aromatic ring is 1. The number of aromatic nitrogens is 2. The highest BCUT2D eigenvalue weighted by molar-refractivity contribution is 6.29. The van der Waals surface area contributed by atoms with E-state index in [9.17, 15) is 0 Å². The third kappa shape index (κ3) is 3.32. The molecule has 4 nitrogen and oxygen atoms in total. The molecule has 0 amide bonds. The van der Waals surface area contributed by atoms with E-state index < -0.39 is 0 Å². The van der Waals surface area contributed by atoms with Crippen LogP contribution in [-0.4, -0.2) is 9.97 Å². The van der Waals surface area contributed by atoms with Crippen molar-refractivity contribution in [1.29, 1.82) is 0 Å². The summed E-state index contributed by atoms with van der Waals surface area (Å²) in [6, 6.07) is 9.88. The number of hydrogen-bond acceptors (Lipinski definition) is 4. The van der Waals surface area contributed by atoms with E-state index >= 15 is 0 Å². The van der Waals surface area contributed by atoms with Crippen LogP contribution in [0.15, 0.2) is 30.3 Å². The number of hydrogen-bond donors (Lipinski definition) is 2. The minimum Gasteiger partial charge on any atom is -0.368 e. The Hall–Kier alpha value is -1.81. The molecule has 88 valence electrons. The fraction of sp³-hybridized carbons (Fsp3) is 0.167. The molecule has 0 aliphatic heterocycles. The highest BCUT2D eigenvalue weighted by Crippen LogP contribution is 2.13. The van der Waals surface area contributed by atoms with Crippen molar-refractivity contribution in [3.05, 3.63) is 46.6 Å². The Bertz CT molecular complexity index is 507. The summed E-state index contributed by atoms with van der Waals surface area (Å²) in [6.07, 6.45) is 0. The molecule has 2 aromatic rings. The van der Waals surface area contributed by atoms with Crippen LogP contribution in [0.4, 0.5) is 11.8 Å². The van der Waals surface area contributed by atoms with Crippen molar-refractivity contribution in [2.75, 3.05) is 11.1 Å². The van der Waals surface area contributed by atoms with Crippen molar-refractivity contribution < 1.29 is 0 Å². The first kappa shape index (κ1) is 11.7. The van der Waals surface area contributed by atoms with E-state index in [1.54, 1.807) is 6.07 Å². The van der Waals surface area contributed by atoms with Crippen LogP contribution in [-0.2, 0) is 6.54 Å². The standard InChI is InChI=1S/C12H13ClN4/c1-8-3-2-4-9(5-8)7-15-11-6-10(13)16-12(14)17-11/h2-6H,7H2,1H3,(H3,14,15,16,17). The van der Waals surface area contributed by atoms with Gasteiger partial charge >= 0.3 is 0 Å². The summed E-state index contributed by atoms with van der Waals surface area (Å²) in [5, 5.41) is 3.49. The van der Waals surface area contributed by atoms with Gasteiger partial charge in [-0.3, -0.25) is 0 Å². The quantitative estimate of drug-likeness (QED) is 0.820. The molecule has 0 bridgehead atoms. The Labute approximate surface area is 105 Å². The Balaban J connectivity index is 2.07. The maximum atomic E-state index is 5.79. The highest BCUT2D eigenvalue weighted by Gasteiger charge is 2.00. The Morgan fingerprint density at radius 2 is 2.12 bits per heavy atom. The summed E-state index contributed by atoms with van der Waals surface area (Å²) in [7, 11) is 0. The molecule has 17 heavy (non-hydrogen) atoms. The molecule has 0 saturated heterocycles. The van der Waals surface area contributed by atoms with Crippen LogP contribution in [0.2, 0.25) is 5.15 Å². The summed E-state index contributed by atoms with van der Waals surface area (Å²) in [4.78, 5) is 7.84. The van der Waals surface area contributed by atoms with E-state index in [-0.39, 0.29) is 5.95 Å². The molecule has 3 N–H and O–H groups in total. The predicted molar refractivity (Wildman–Crippen MR) is 70.0 cm³/mol. The van der Waals surface area contributed by atoms with Crippen molar-refractivity contribution >= 4 is 23.4 Å². The SMILES string of the molecule is Cc1cccc(CNc2cc(Cl)nc(N)n2)c1. The molecule has 0 aliphatic carbocycles. The van der Waals surface area contributed by atoms with E-state index in [0.717, 1.165) is 0 Å². The third-order valence-electron chi connectivity index (χ3n) is 2.27. The predicted octanol–water partition coefficient (Wildman–Crippen LogP) is 2.63. The van der Waals surface area contributed by atoms with Gasteiger partial charge in [-0.1, -0.05) is 41.4 Å². The van der Waals surface area contributed by atoms with Crippen molar-refractivity contribution in [3.8, 4) is 0 Å². The Morgan fingerprint density at radius 3 is 2.82 bits per heavy atom.